The number of nitrogens with one attached hydrogen (secondary N) is 4. The zero-order chi connectivity index (χ0) is 44.0. The Kier molecular flexibility index (Phi) is 13.5. The number of halogens is 1. The van der Waals surface area contributed by atoms with E-state index in [4.69, 9.17) is 21.5 Å². The molecule has 62 heavy (non-hydrogen) atoms. The lowest BCUT2D eigenvalue weighted by molar-refractivity contribution is -0.384. The molecule has 0 unspecified atom stereocenters. The number of ether oxygens (including phenoxy) is 1. The number of sulfonamides is 1. The van der Waals surface area contributed by atoms with E-state index in [1.165, 1.54) is 35.0 Å². The fraction of sp³-hybridized carbons (Fsp3) is 0.341. The van der Waals surface area contributed by atoms with Gasteiger partial charge >= 0.3 is 0 Å². The summed E-state index contributed by atoms with van der Waals surface area (Å²) in [5.74, 6) is -1.13. The summed E-state index contributed by atoms with van der Waals surface area (Å²) in [5.41, 5.74) is 6.72. The third-order valence-corrected chi connectivity index (χ3v) is 12.9. The van der Waals surface area contributed by atoms with Crippen LogP contribution in [-0.4, -0.2) is 84.5 Å². The molecule has 1 fully saturated rings. The molecule has 2 amide bonds. The average Bonchev–Trinajstić information content (AvgIpc) is 3.72. The van der Waals surface area contributed by atoms with Gasteiger partial charge in [0.2, 0.25) is 5.91 Å². The van der Waals surface area contributed by atoms with Crippen molar-refractivity contribution in [1.82, 2.24) is 25.1 Å². The topological polar surface area (TPSA) is 212 Å². The van der Waals surface area contributed by atoms with Crippen LogP contribution in [0.15, 0.2) is 95.7 Å². The largest absolute Gasteiger partial charge is 0.455 e. The first-order valence-electron chi connectivity index (χ1n) is 20.4. The number of unbranched alkanes of at least 4 members (excludes halogenated alkanes) is 1. The molecule has 7 rings (SSSR count). The van der Waals surface area contributed by atoms with E-state index in [0.717, 1.165) is 67.1 Å². The summed E-state index contributed by atoms with van der Waals surface area (Å²) in [6.07, 6.45) is 7.31. The van der Waals surface area contributed by atoms with Crippen LogP contribution in [0.2, 0.25) is 5.02 Å². The van der Waals surface area contributed by atoms with Crippen LogP contribution in [0.25, 0.3) is 16.6 Å². The van der Waals surface area contributed by atoms with Gasteiger partial charge in [-0.1, -0.05) is 43.2 Å². The van der Waals surface area contributed by atoms with E-state index < -0.39 is 37.3 Å². The molecule has 3 heterocycles. The molecule has 18 heteroatoms. The Bertz CT molecular complexity index is 2610. The van der Waals surface area contributed by atoms with Gasteiger partial charge in [-0.2, -0.15) is 0 Å². The predicted octanol–water partition coefficient (Wildman–Crippen LogP) is 7.91. The standard InChI is InChI=1S/C44H49ClN8O8S/c1-44(2)16-14-31(37(26-44)29-6-8-32(45)9-7-29)28-51-19-21-52(22-20-51)33-10-12-36(40(24-33)61-34-23-30-15-18-47-42(30)48-27-34)43(55)50-62(59,60)35-11-13-38(39(25-35)53(57)58)46-17-4-3-5-41(54)49-56/h6-13,15,18,23-25,27,46,56H,3-5,14,16-17,19-22,26,28H2,1-2H3,(H,47,48)(H,49,54)(H,50,55). The Hall–Kier alpha value is -6.01. The molecule has 1 aliphatic carbocycles. The van der Waals surface area contributed by atoms with Crippen molar-refractivity contribution >= 4 is 67.1 Å². The number of hydrogen-bond donors (Lipinski definition) is 5. The van der Waals surface area contributed by atoms with Crippen LogP contribution < -0.4 is 25.2 Å². The Morgan fingerprint density at radius 2 is 1.79 bits per heavy atom. The van der Waals surface area contributed by atoms with Crippen LogP contribution in [0.3, 0.4) is 0 Å². The Balaban J connectivity index is 1.08. The smallest absolute Gasteiger partial charge is 0.293 e. The number of amides is 2. The summed E-state index contributed by atoms with van der Waals surface area (Å²) in [6, 6.07) is 20.0. The summed E-state index contributed by atoms with van der Waals surface area (Å²) < 4.78 is 35.6. The van der Waals surface area contributed by atoms with Gasteiger partial charge in [-0.3, -0.25) is 29.8 Å². The predicted molar refractivity (Wildman–Crippen MR) is 237 cm³/mol. The van der Waals surface area contributed by atoms with Crippen LogP contribution >= 0.6 is 11.6 Å². The highest BCUT2D eigenvalue weighted by atomic mass is 35.5. The average molecular weight is 885 g/mol. The quantitative estimate of drug-likeness (QED) is 0.0277. The van der Waals surface area contributed by atoms with Gasteiger partial charge in [-0.25, -0.2) is 23.6 Å². The third kappa shape index (κ3) is 10.7. The van der Waals surface area contributed by atoms with Crippen molar-refractivity contribution in [3.63, 3.8) is 0 Å². The number of rotatable bonds is 16. The van der Waals surface area contributed by atoms with Crippen molar-refractivity contribution in [3.05, 3.63) is 117 Å². The molecule has 2 aromatic heterocycles. The monoisotopic (exact) mass is 884 g/mol. The fourth-order valence-electron chi connectivity index (χ4n) is 7.88. The maximum atomic E-state index is 13.9. The number of aromatic amines is 1. The van der Waals surface area contributed by atoms with Crippen molar-refractivity contribution < 1.29 is 32.9 Å². The molecular weight excluding hydrogens is 836 g/mol. The first-order chi connectivity index (χ1) is 29.7. The second kappa shape index (κ2) is 18.9. The minimum Gasteiger partial charge on any atom is -0.455 e. The Morgan fingerprint density at radius 3 is 2.53 bits per heavy atom. The zero-order valence-corrected chi connectivity index (χ0v) is 36.0. The second-order valence-electron chi connectivity index (χ2n) is 16.4. The van der Waals surface area contributed by atoms with Gasteiger partial charge < -0.3 is 19.9 Å². The van der Waals surface area contributed by atoms with Gasteiger partial charge in [-0.05, 0) is 97.2 Å². The van der Waals surface area contributed by atoms with Gasteiger partial charge in [0, 0.05) is 80.1 Å². The molecular formula is C44H49ClN8O8S. The maximum Gasteiger partial charge on any atom is 0.293 e. The van der Waals surface area contributed by atoms with E-state index in [1.807, 2.05) is 18.2 Å². The molecule has 5 aromatic rings. The molecule has 16 nitrogen and oxygen atoms in total. The first-order valence-corrected chi connectivity index (χ1v) is 22.3. The maximum absolute atomic E-state index is 13.9. The molecule has 2 aliphatic rings. The van der Waals surface area contributed by atoms with E-state index in [1.54, 1.807) is 29.9 Å². The number of anilines is 2. The first kappa shape index (κ1) is 44.1. The van der Waals surface area contributed by atoms with Gasteiger partial charge in [0.1, 0.15) is 22.8 Å². The molecule has 3 aromatic carbocycles. The number of aromatic nitrogens is 2. The second-order valence-corrected chi connectivity index (χ2v) is 18.5. The number of fused-ring (bicyclic) bond motifs is 1. The van der Waals surface area contributed by atoms with E-state index in [2.05, 4.69) is 55.8 Å². The minimum absolute atomic E-state index is 0.0600. The van der Waals surface area contributed by atoms with Crippen molar-refractivity contribution in [3.8, 4) is 11.5 Å². The fourth-order valence-corrected chi connectivity index (χ4v) is 9.00. The number of allylic oxidation sites excluding steroid dienone is 1. The molecule has 0 atom stereocenters. The molecule has 5 N–H and O–H groups in total. The van der Waals surface area contributed by atoms with E-state index in [-0.39, 0.29) is 35.4 Å². The van der Waals surface area contributed by atoms with Crippen molar-refractivity contribution in [2.45, 2.75) is 57.3 Å². The number of nitro benzene ring substituents is 1. The SMILES string of the molecule is CC1(C)CCC(CN2CCN(c3ccc(C(=O)NS(=O)(=O)c4ccc(NCCCCC(=O)NO)c([N+](=O)[O-])c4)c(Oc4cnc5[nH]ccc5c4)c3)CC2)=C(c2ccc(Cl)cc2)C1. The number of nitro groups is 1. The number of nitrogens with zero attached hydrogens (tertiary/aromatic N) is 4. The highest BCUT2D eigenvalue weighted by Crippen LogP contribution is 2.43. The van der Waals surface area contributed by atoms with Crippen LogP contribution in [-0.2, 0) is 14.8 Å². The summed E-state index contributed by atoms with van der Waals surface area (Å²) in [7, 11) is -4.61. The van der Waals surface area contributed by atoms with Crippen molar-refractivity contribution in [2.24, 2.45) is 5.41 Å². The number of piperazine rings is 1. The lowest BCUT2D eigenvalue weighted by Crippen LogP contribution is -2.47. The Morgan fingerprint density at radius 1 is 1.02 bits per heavy atom. The number of pyridine rings is 1. The molecule has 0 saturated carbocycles. The van der Waals surface area contributed by atoms with E-state index in [9.17, 15) is 28.1 Å². The Labute approximate surface area is 364 Å². The molecule has 0 radical (unpaired) electrons. The molecule has 0 spiro atoms. The number of hydroxylamine groups is 1. The number of carbonyl (C=O) groups excluding carboxylic acids is 2. The van der Waals surface area contributed by atoms with E-state index in [0.29, 0.717) is 37.3 Å². The summed E-state index contributed by atoms with van der Waals surface area (Å²) in [4.78, 5) is 48.0. The van der Waals surface area contributed by atoms with Gasteiger partial charge in [0.05, 0.1) is 21.6 Å². The number of carbonyl (C=O) groups is 2. The van der Waals surface area contributed by atoms with Gasteiger partial charge in [0.15, 0.2) is 0 Å². The highest BCUT2D eigenvalue weighted by molar-refractivity contribution is 7.90. The van der Waals surface area contributed by atoms with Crippen LogP contribution in [0.1, 0.15) is 68.3 Å². The normalized spacial score (nSPS) is 15.6. The van der Waals surface area contributed by atoms with Crippen molar-refractivity contribution in [2.75, 3.05) is 49.5 Å². The van der Waals surface area contributed by atoms with Crippen molar-refractivity contribution in [1.29, 1.82) is 0 Å². The van der Waals surface area contributed by atoms with E-state index >= 15 is 0 Å². The lowest BCUT2D eigenvalue weighted by Gasteiger charge is -2.39. The number of benzene rings is 3. The summed E-state index contributed by atoms with van der Waals surface area (Å²) >= 11 is 6.23. The molecule has 0 bridgehead atoms. The van der Waals surface area contributed by atoms with Crippen LogP contribution in [0.5, 0.6) is 11.5 Å². The lowest BCUT2D eigenvalue weighted by atomic mass is 9.72. The molecule has 1 saturated heterocycles. The summed E-state index contributed by atoms with van der Waals surface area (Å²) in [5, 5.41) is 25.0. The highest BCUT2D eigenvalue weighted by Gasteiger charge is 2.30. The van der Waals surface area contributed by atoms with Gasteiger partial charge in [-0.15, -0.1) is 0 Å². The number of H-pyrrole nitrogens is 1. The molecule has 326 valence electrons. The third-order valence-electron chi connectivity index (χ3n) is 11.3. The number of hydrogen-bond acceptors (Lipinski definition) is 12. The van der Waals surface area contributed by atoms with Gasteiger partial charge in [0.25, 0.3) is 21.6 Å². The zero-order valence-electron chi connectivity index (χ0n) is 34.4. The molecule has 1 aliphatic heterocycles. The van der Waals surface area contributed by atoms with Crippen LogP contribution in [0, 0.1) is 15.5 Å². The minimum atomic E-state index is -4.61. The van der Waals surface area contributed by atoms with Crippen LogP contribution in [0.4, 0.5) is 17.1 Å². The summed E-state index contributed by atoms with van der Waals surface area (Å²) in [6.45, 7) is 8.77.